The van der Waals surface area contributed by atoms with E-state index in [0.29, 0.717) is 0 Å². The maximum atomic E-state index is 5.91. The van der Waals surface area contributed by atoms with Gasteiger partial charge in [-0.1, -0.05) is 0 Å². The minimum atomic E-state index is 0.159. The topological polar surface area (TPSA) is 66.0 Å². The fourth-order valence-corrected chi connectivity index (χ4v) is 2.13. The van der Waals surface area contributed by atoms with Gasteiger partial charge in [0.15, 0.2) is 0 Å². The Morgan fingerprint density at radius 1 is 1.05 bits per heavy atom. The Kier molecular flexibility index (Phi) is 3.25. The number of ether oxygens (including phenoxy) is 1. The van der Waals surface area contributed by atoms with Gasteiger partial charge in [-0.05, 0) is 62.7 Å². The van der Waals surface area contributed by atoms with Gasteiger partial charge in [-0.3, -0.25) is 0 Å². The molecule has 0 aliphatic rings. The molecule has 3 aromatic rings. The molecule has 0 unspecified atom stereocenters. The smallest absolute Gasteiger partial charge is 0.119 e. The second-order valence-corrected chi connectivity index (χ2v) is 5.35. The Morgan fingerprint density at radius 3 is 2.29 bits per heavy atom. The number of anilines is 1. The second kappa shape index (κ2) is 5.09. The fourth-order valence-electron chi connectivity index (χ4n) is 2.13. The monoisotopic (exact) mass is 282 g/mol. The molecule has 0 saturated carbocycles. The quantitative estimate of drug-likeness (QED) is 0.750. The highest BCUT2D eigenvalue weighted by atomic mass is 16.5. The summed E-state index contributed by atoms with van der Waals surface area (Å²) in [6.45, 7) is 5.97. The molecule has 0 spiro atoms. The van der Waals surface area contributed by atoms with Crippen LogP contribution >= 0.6 is 0 Å². The fraction of sp³-hybridized carbons (Fsp3) is 0.250. The summed E-state index contributed by atoms with van der Waals surface area (Å²) in [6, 6.07) is 11.5. The van der Waals surface area contributed by atoms with Crippen molar-refractivity contribution >= 4 is 16.7 Å². The number of rotatable bonds is 3. The van der Waals surface area contributed by atoms with Gasteiger partial charge >= 0.3 is 0 Å². The van der Waals surface area contributed by atoms with E-state index in [4.69, 9.17) is 10.5 Å². The van der Waals surface area contributed by atoms with Crippen LogP contribution in [0.3, 0.4) is 0 Å². The highest BCUT2D eigenvalue weighted by Crippen LogP contribution is 2.20. The van der Waals surface area contributed by atoms with E-state index in [-0.39, 0.29) is 6.10 Å². The second-order valence-electron chi connectivity index (χ2n) is 5.35. The lowest BCUT2D eigenvalue weighted by molar-refractivity contribution is 0.242. The molecule has 0 fully saturated rings. The molecule has 1 aromatic heterocycles. The highest BCUT2D eigenvalue weighted by molar-refractivity contribution is 5.79. The largest absolute Gasteiger partial charge is 0.491 e. The van der Waals surface area contributed by atoms with Gasteiger partial charge in [0.1, 0.15) is 16.8 Å². The van der Waals surface area contributed by atoms with Crippen LogP contribution in [0.1, 0.15) is 19.4 Å². The lowest BCUT2D eigenvalue weighted by Gasteiger charge is -2.09. The SMILES string of the molecule is Cc1cc2nn(-c3ccc(OC(C)C)cc3)nc2cc1N. The standard InChI is InChI=1S/C16H18N4O/c1-10(2)21-13-6-4-12(5-7-13)20-18-15-8-11(3)14(17)9-16(15)19-20/h4-10H,17H2,1-3H3. The summed E-state index contributed by atoms with van der Waals surface area (Å²) in [7, 11) is 0. The Hall–Kier alpha value is -2.56. The Balaban J connectivity index is 1.96. The van der Waals surface area contributed by atoms with Gasteiger partial charge in [-0.15, -0.1) is 10.2 Å². The van der Waals surface area contributed by atoms with Gasteiger partial charge in [0.2, 0.25) is 0 Å². The third-order valence-electron chi connectivity index (χ3n) is 3.21. The van der Waals surface area contributed by atoms with Crippen molar-refractivity contribution < 1.29 is 4.74 Å². The van der Waals surface area contributed by atoms with Crippen molar-refractivity contribution in [2.45, 2.75) is 26.9 Å². The number of hydrogen-bond donors (Lipinski definition) is 1. The van der Waals surface area contributed by atoms with Crippen LogP contribution in [0.25, 0.3) is 16.7 Å². The number of hydrogen-bond acceptors (Lipinski definition) is 4. The van der Waals surface area contributed by atoms with E-state index in [9.17, 15) is 0 Å². The number of nitrogens with two attached hydrogens (primary N) is 1. The van der Waals surface area contributed by atoms with Gasteiger partial charge < -0.3 is 10.5 Å². The van der Waals surface area contributed by atoms with Crippen molar-refractivity contribution in [3.05, 3.63) is 42.0 Å². The van der Waals surface area contributed by atoms with E-state index < -0.39 is 0 Å². The summed E-state index contributed by atoms with van der Waals surface area (Å²) in [5.41, 5.74) is 10.2. The molecule has 5 nitrogen and oxygen atoms in total. The molecule has 21 heavy (non-hydrogen) atoms. The van der Waals surface area contributed by atoms with Crippen molar-refractivity contribution in [3.63, 3.8) is 0 Å². The van der Waals surface area contributed by atoms with E-state index in [1.165, 1.54) is 0 Å². The predicted octanol–water partition coefficient (Wildman–Crippen LogP) is 3.10. The number of nitrogen functional groups attached to an aromatic ring is 1. The van der Waals surface area contributed by atoms with Gasteiger partial charge in [0.05, 0.1) is 11.8 Å². The van der Waals surface area contributed by atoms with E-state index in [1.807, 2.05) is 57.2 Å². The molecule has 0 amide bonds. The van der Waals surface area contributed by atoms with Crippen LogP contribution in [0.15, 0.2) is 36.4 Å². The molecule has 0 aliphatic heterocycles. The van der Waals surface area contributed by atoms with Crippen LogP contribution in [-0.2, 0) is 0 Å². The Labute approximate surface area is 123 Å². The van der Waals surface area contributed by atoms with Crippen LogP contribution in [0.2, 0.25) is 0 Å². The zero-order valence-corrected chi connectivity index (χ0v) is 12.4. The first-order valence-electron chi connectivity index (χ1n) is 6.93. The molecule has 2 aromatic carbocycles. The normalized spacial score (nSPS) is 11.2. The zero-order valence-electron chi connectivity index (χ0n) is 12.4. The third kappa shape index (κ3) is 2.67. The summed E-state index contributed by atoms with van der Waals surface area (Å²) in [4.78, 5) is 1.61. The summed E-state index contributed by atoms with van der Waals surface area (Å²) in [5, 5.41) is 8.94. The van der Waals surface area contributed by atoms with Crippen LogP contribution in [-0.4, -0.2) is 21.1 Å². The molecule has 3 rings (SSSR count). The lowest BCUT2D eigenvalue weighted by atomic mass is 10.2. The van der Waals surface area contributed by atoms with Gasteiger partial charge in [-0.2, -0.15) is 4.80 Å². The molecule has 2 N–H and O–H groups in total. The molecule has 0 atom stereocenters. The molecular formula is C16H18N4O. The maximum Gasteiger partial charge on any atom is 0.119 e. The third-order valence-corrected chi connectivity index (χ3v) is 3.21. The van der Waals surface area contributed by atoms with Gasteiger partial charge in [0, 0.05) is 5.69 Å². The van der Waals surface area contributed by atoms with Crippen molar-refractivity contribution in [3.8, 4) is 11.4 Å². The number of nitrogens with zero attached hydrogens (tertiary/aromatic N) is 3. The number of aromatic nitrogens is 3. The predicted molar refractivity (Wildman–Crippen MR) is 83.8 cm³/mol. The molecule has 0 radical (unpaired) electrons. The van der Waals surface area contributed by atoms with Crippen molar-refractivity contribution in [1.29, 1.82) is 0 Å². The van der Waals surface area contributed by atoms with Crippen molar-refractivity contribution in [1.82, 2.24) is 15.0 Å². The first-order valence-corrected chi connectivity index (χ1v) is 6.93. The summed E-state index contributed by atoms with van der Waals surface area (Å²) >= 11 is 0. The Bertz CT molecular complexity index is 736. The molecule has 0 saturated heterocycles. The highest BCUT2D eigenvalue weighted by Gasteiger charge is 2.07. The molecule has 0 bridgehead atoms. The maximum absolute atomic E-state index is 5.91. The summed E-state index contributed by atoms with van der Waals surface area (Å²) in [6.07, 6.45) is 0.159. The molecule has 5 heteroatoms. The molecular weight excluding hydrogens is 264 g/mol. The number of benzene rings is 2. The summed E-state index contributed by atoms with van der Waals surface area (Å²) < 4.78 is 5.63. The molecule has 0 aliphatic carbocycles. The van der Waals surface area contributed by atoms with Crippen LogP contribution < -0.4 is 10.5 Å². The van der Waals surface area contributed by atoms with Gasteiger partial charge in [-0.25, -0.2) is 0 Å². The Morgan fingerprint density at radius 2 is 1.67 bits per heavy atom. The molecule has 1 heterocycles. The van der Waals surface area contributed by atoms with E-state index in [0.717, 1.165) is 33.7 Å². The average molecular weight is 282 g/mol. The minimum Gasteiger partial charge on any atom is -0.491 e. The first-order chi connectivity index (χ1) is 10.0. The van der Waals surface area contributed by atoms with Crippen LogP contribution in [0, 0.1) is 6.92 Å². The number of aryl methyl sites for hydroxylation is 1. The molecule has 108 valence electrons. The van der Waals surface area contributed by atoms with Gasteiger partial charge in [0.25, 0.3) is 0 Å². The number of fused-ring (bicyclic) bond motifs is 1. The van der Waals surface area contributed by atoms with E-state index in [2.05, 4.69) is 10.2 Å². The van der Waals surface area contributed by atoms with Crippen molar-refractivity contribution in [2.75, 3.05) is 5.73 Å². The van der Waals surface area contributed by atoms with Crippen LogP contribution in [0.5, 0.6) is 5.75 Å². The average Bonchev–Trinajstić information content (AvgIpc) is 2.82. The van der Waals surface area contributed by atoms with Crippen molar-refractivity contribution in [2.24, 2.45) is 0 Å². The minimum absolute atomic E-state index is 0.159. The van der Waals surface area contributed by atoms with E-state index >= 15 is 0 Å². The summed E-state index contributed by atoms with van der Waals surface area (Å²) in [5.74, 6) is 0.838. The lowest BCUT2D eigenvalue weighted by Crippen LogP contribution is -2.05. The first kappa shape index (κ1) is 13.4. The zero-order chi connectivity index (χ0) is 15.0. The van der Waals surface area contributed by atoms with Crippen LogP contribution in [0.4, 0.5) is 5.69 Å². The van der Waals surface area contributed by atoms with E-state index in [1.54, 1.807) is 4.80 Å².